The summed E-state index contributed by atoms with van der Waals surface area (Å²) in [6.45, 7) is 6.40. The van der Waals surface area contributed by atoms with Gasteiger partial charge in [0.1, 0.15) is 11.4 Å². The van der Waals surface area contributed by atoms with E-state index < -0.39 is 0 Å². The first-order valence-corrected chi connectivity index (χ1v) is 4.76. The summed E-state index contributed by atoms with van der Waals surface area (Å²) in [6, 6.07) is 7.51. The van der Waals surface area contributed by atoms with Gasteiger partial charge in [-0.05, 0) is 26.0 Å². The van der Waals surface area contributed by atoms with Crippen molar-refractivity contribution in [3.8, 4) is 5.75 Å². The number of hydrogen-bond acceptors (Lipinski definition) is 1. The predicted octanol–water partition coefficient (Wildman–Crippen LogP) is -0.627. The van der Waals surface area contributed by atoms with Gasteiger partial charge in [0.2, 0.25) is 0 Å². The van der Waals surface area contributed by atoms with Crippen LogP contribution in [-0.4, -0.2) is 25.2 Å². The molecule has 0 aliphatic rings. The molecule has 0 spiro atoms. The SMILES string of the molecule is CC[N+](C)(CC)c1cccc(O)c1.[Cl-]. The minimum atomic E-state index is 0. The molecule has 0 radical (unpaired) electrons. The van der Waals surface area contributed by atoms with Gasteiger partial charge in [0, 0.05) is 6.07 Å². The molecule has 0 heterocycles. The number of phenols is 1. The molecule has 0 atom stereocenters. The highest BCUT2D eigenvalue weighted by Crippen LogP contribution is 2.24. The second-order valence-corrected chi connectivity index (χ2v) is 3.55. The third-order valence-electron chi connectivity index (χ3n) is 2.85. The zero-order chi connectivity index (χ0) is 9.90. The summed E-state index contributed by atoms with van der Waals surface area (Å²) in [5.41, 5.74) is 1.17. The van der Waals surface area contributed by atoms with E-state index in [9.17, 15) is 5.11 Å². The minimum Gasteiger partial charge on any atom is -1.00 e. The third kappa shape index (κ3) is 2.63. The van der Waals surface area contributed by atoms with E-state index >= 15 is 0 Å². The van der Waals surface area contributed by atoms with E-state index in [1.165, 1.54) is 5.69 Å². The van der Waals surface area contributed by atoms with Gasteiger partial charge in [0.25, 0.3) is 0 Å². The van der Waals surface area contributed by atoms with Crippen LogP contribution in [0, 0.1) is 0 Å². The molecule has 0 unspecified atom stereocenters. The molecule has 1 N–H and O–H groups in total. The molecule has 0 amide bonds. The molecule has 14 heavy (non-hydrogen) atoms. The Hall–Kier alpha value is -0.730. The molecule has 2 nitrogen and oxygen atoms in total. The lowest BCUT2D eigenvalue weighted by Gasteiger charge is -2.31. The molecule has 0 bridgehead atoms. The van der Waals surface area contributed by atoms with E-state index in [-0.39, 0.29) is 12.4 Å². The van der Waals surface area contributed by atoms with Crippen molar-refractivity contribution in [2.45, 2.75) is 13.8 Å². The molecule has 0 aliphatic carbocycles. The first-order valence-electron chi connectivity index (χ1n) is 4.76. The lowest BCUT2D eigenvalue weighted by molar-refractivity contribution is -0.00000392. The number of phenolic OH excluding ortho intramolecular Hbond substituents is 1. The highest BCUT2D eigenvalue weighted by Gasteiger charge is 2.19. The lowest BCUT2D eigenvalue weighted by Crippen LogP contribution is -3.00. The van der Waals surface area contributed by atoms with Crippen molar-refractivity contribution in [3.05, 3.63) is 24.3 Å². The maximum absolute atomic E-state index is 9.36. The highest BCUT2D eigenvalue weighted by atomic mass is 35.5. The van der Waals surface area contributed by atoms with Gasteiger partial charge < -0.3 is 17.5 Å². The Morgan fingerprint density at radius 2 is 1.79 bits per heavy atom. The van der Waals surface area contributed by atoms with Crippen LogP contribution in [0.5, 0.6) is 5.75 Å². The topological polar surface area (TPSA) is 20.2 Å². The first kappa shape index (κ1) is 13.3. The van der Waals surface area contributed by atoms with Gasteiger partial charge in [0.15, 0.2) is 0 Å². The molecule has 0 fully saturated rings. The maximum atomic E-state index is 9.36. The Balaban J connectivity index is 0.00000169. The van der Waals surface area contributed by atoms with Crippen LogP contribution in [0.1, 0.15) is 13.8 Å². The number of halogens is 1. The molecule has 1 aromatic rings. The number of hydrogen-bond donors (Lipinski definition) is 1. The van der Waals surface area contributed by atoms with Gasteiger partial charge in [-0.15, -0.1) is 0 Å². The number of benzene rings is 1. The fraction of sp³-hybridized carbons (Fsp3) is 0.455. The molecule has 80 valence electrons. The van der Waals surface area contributed by atoms with Crippen molar-refractivity contribution in [2.75, 3.05) is 20.1 Å². The van der Waals surface area contributed by atoms with Gasteiger partial charge in [-0.3, -0.25) is 4.48 Å². The molecular formula is C11H18ClNO. The predicted molar refractivity (Wildman–Crippen MR) is 56.9 cm³/mol. The zero-order valence-electron chi connectivity index (χ0n) is 9.00. The van der Waals surface area contributed by atoms with Crippen LogP contribution in [0.25, 0.3) is 0 Å². The van der Waals surface area contributed by atoms with Crippen LogP contribution in [0.2, 0.25) is 0 Å². The van der Waals surface area contributed by atoms with E-state index in [2.05, 4.69) is 27.0 Å². The summed E-state index contributed by atoms with van der Waals surface area (Å²) in [6.07, 6.45) is 0. The van der Waals surface area contributed by atoms with E-state index in [0.717, 1.165) is 17.6 Å². The largest absolute Gasteiger partial charge is 1.00 e. The standard InChI is InChI=1S/C11H17NO.ClH/c1-4-12(3,5-2)10-7-6-8-11(13)9-10;/h6-9H,4-5H2,1-3H3;1H. The van der Waals surface area contributed by atoms with Gasteiger partial charge in [-0.25, -0.2) is 0 Å². The van der Waals surface area contributed by atoms with Crippen molar-refractivity contribution < 1.29 is 17.5 Å². The number of quaternary nitrogens is 1. The average Bonchev–Trinajstić information content (AvgIpc) is 2.17. The Kier molecular flexibility index (Phi) is 4.95. The summed E-state index contributed by atoms with van der Waals surface area (Å²) in [5, 5.41) is 9.36. The summed E-state index contributed by atoms with van der Waals surface area (Å²) in [5.74, 6) is 0.351. The quantitative estimate of drug-likeness (QED) is 0.667. The molecule has 1 aromatic carbocycles. The summed E-state index contributed by atoms with van der Waals surface area (Å²) in [7, 11) is 2.18. The van der Waals surface area contributed by atoms with Crippen LogP contribution in [-0.2, 0) is 0 Å². The highest BCUT2D eigenvalue weighted by molar-refractivity contribution is 5.46. The van der Waals surface area contributed by atoms with Crippen LogP contribution in [0.4, 0.5) is 5.69 Å². The molecule has 0 saturated carbocycles. The average molecular weight is 216 g/mol. The second-order valence-electron chi connectivity index (χ2n) is 3.55. The molecular weight excluding hydrogens is 198 g/mol. The molecule has 3 heteroatoms. The Morgan fingerprint density at radius 3 is 2.21 bits per heavy atom. The van der Waals surface area contributed by atoms with Gasteiger partial charge in [0.05, 0.1) is 20.1 Å². The monoisotopic (exact) mass is 215 g/mol. The lowest BCUT2D eigenvalue weighted by atomic mass is 10.2. The number of aromatic hydroxyl groups is 1. The fourth-order valence-electron chi connectivity index (χ4n) is 1.42. The molecule has 0 saturated heterocycles. The Morgan fingerprint density at radius 1 is 1.21 bits per heavy atom. The Bertz CT molecular complexity index is 284. The van der Waals surface area contributed by atoms with Crippen molar-refractivity contribution in [1.82, 2.24) is 4.48 Å². The first-order chi connectivity index (χ1) is 6.12. The summed E-state index contributed by atoms with van der Waals surface area (Å²) < 4.78 is 0.869. The smallest absolute Gasteiger partial charge is 0.136 e. The van der Waals surface area contributed by atoms with Crippen LogP contribution < -0.4 is 16.9 Å². The second kappa shape index (κ2) is 5.23. The van der Waals surface area contributed by atoms with E-state index in [4.69, 9.17) is 0 Å². The minimum absolute atomic E-state index is 0. The van der Waals surface area contributed by atoms with Crippen molar-refractivity contribution in [3.63, 3.8) is 0 Å². The maximum Gasteiger partial charge on any atom is 0.136 e. The molecule has 1 rings (SSSR count). The number of nitrogens with zero attached hydrogens (tertiary/aromatic N) is 1. The fourth-order valence-corrected chi connectivity index (χ4v) is 1.42. The van der Waals surface area contributed by atoms with Gasteiger partial charge >= 0.3 is 0 Å². The van der Waals surface area contributed by atoms with Crippen molar-refractivity contribution in [2.24, 2.45) is 0 Å². The Labute approximate surface area is 92.2 Å². The van der Waals surface area contributed by atoms with E-state index in [0.29, 0.717) is 5.75 Å². The zero-order valence-corrected chi connectivity index (χ0v) is 9.75. The van der Waals surface area contributed by atoms with Gasteiger partial charge in [-0.2, -0.15) is 0 Å². The third-order valence-corrected chi connectivity index (χ3v) is 2.85. The number of rotatable bonds is 3. The normalized spacial score (nSPS) is 10.8. The van der Waals surface area contributed by atoms with Crippen LogP contribution in [0.3, 0.4) is 0 Å². The van der Waals surface area contributed by atoms with Crippen LogP contribution in [0.15, 0.2) is 24.3 Å². The van der Waals surface area contributed by atoms with E-state index in [1.807, 2.05) is 12.1 Å². The summed E-state index contributed by atoms with van der Waals surface area (Å²) >= 11 is 0. The van der Waals surface area contributed by atoms with Crippen molar-refractivity contribution in [1.29, 1.82) is 0 Å². The summed E-state index contributed by atoms with van der Waals surface area (Å²) in [4.78, 5) is 0. The van der Waals surface area contributed by atoms with Gasteiger partial charge in [-0.1, -0.05) is 6.07 Å². The molecule has 0 aromatic heterocycles. The van der Waals surface area contributed by atoms with E-state index in [1.54, 1.807) is 6.07 Å². The molecule has 0 aliphatic heterocycles. The van der Waals surface area contributed by atoms with Crippen LogP contribution >= 0.6 is 0 Å². The van der Waals surface area contributed by atoms with Crippen molar-refractivity contribution >= 4 is 5.69 Å².